The van der Waals surface area contributed by atoms with Crippen LogP contribution in [0.2, 0.25) is 0 Å². The molecule has 0 spiro atoms. The van der Waals surface area contributed by atoms with Crippen molar-refractivity contribution in [3.8, 4) is 17.3 Å². The molecule has 0 bridgehead atoms. The molecular weight excluding hydrogens is 404 g/mol. The first-order valence-corrected chi connectivity index (χ1v) is 10.9. The molecular formula is C23H22N8O. The van der Waals surface area contributed by atoms with Gasteiger partial charge in [0.15, 0.2) is 5.82 Å². The van der Waals surface area contributed by atoms with Crippen molar-refractivity contribution in [2.45, 2.75) is 38.1 Å². The number of carbonyl (C=O) groups excluding carboxylic acids is 1. The Morgan fingerprint density at radius 2 is 2.19 bits per heavy atom. The number of anilines is 1. The lowest BCUT2D eigenvalue weighted by Gasteiger charge is -2.26. The van der Waals surface area contributed by atoms with Crippen molar-refractivity contribution in [3.63, 3.8) is 0 Å². The minimum atomic E-state index is -0.785. The third-order valence-corrected chi connectivity index (χ3v) is 6.74. The van der Waals surface area contributed by atoms with E-state index in [1.165, 1.54) is 0 Å². The molecule has 2 aliphatic rings. The first-order chi connectivity index (χ1) is 15.6. The molecule has 0 unspecified atom stereocenters. The highest BCUT2D eigenvalue weighted by atomic mass is 16.2. The number of hydrogen-bond acceptors (Lipinski definition) is 6. The second kappa shape index (κ2) is 6.79. The molecule has 9 nitrogen and oxygen atoms in total. The molecule has 4 aromatic rings. The van der Waals surface area contributed by atoms with Gasteiger partial charge in [-0.2, -0.15) is 10.4 Å². The fraction of sp³-hybridized carbons (Fsp3) is 0.348. The van der Waals surface area contributed by atoms with E-state index in [0.29, 0.717) is 37.1 Å². The Morgan fingerprint density at radius 1 is 1.31 bits per heavy atom. The van der Waals surface area contributed by atoms with Crippen LogP contribution < -0.4 is 5.73 Å². The molecule has 1 aromatic carbocycles. The quantitative estimate of drug-likeness (QED) is 0.458. The van der Waals surface area contributed by atoms with E-state index in [0.717, 1.165) is 46.3 Å². The summed E-state index contributed by atoms with van der Waals surface area (Å²) < 4.78 is 0. The maximum absolute atomic E-state index is 12.9. The summed E-state index contributed by atoms with van der Waals surface area (Å²) in [5.74, 6) is 1.13. The zero-order valence-electron chi connectivity index (χ0n) is 17.4. The van der Waals surface area contributed by atoms with Gasteiger partial charge in [0.1, 0.15) is 16.8 Å². The smallest absolute Gasteiger partial charge is 0.243 e. The van der Waals surface area contributed by atoms with Crippen LogP contribution in [0.15, 0.2) is 30.5 Å². The number of likely N-dealkylation sites (tertiary alicyclic amines) is 1. The molecule has 6 rings (SSSR count). The van der Waals surface area contributed by atoms with E-state index in [-0.39, 0.29) is 11.9 Å². The summed E-state index contributed by atoms with van der Waals surface area (Å²) in [6.07, 6.45) is 5.58. The highest BCUT2D eigenvalue weighted by Gasteiger charge is 2.54. The Hall–Kier alpha value is -3.93. The summed E-state index contributed by atoms with van der Waals surface area (Å²) in [5.41, 5.74) is 9.53. The molecule has 1 amide bonds. The van der Waals surface area contributed by atoms with Gasteiger partial charge in [0.25, 0.3) is 0 Å². The van der Waals surface area contributed by atoms with Gasteiger partial charge in [-0.25, -0.2) is 9.97 Å². The third-order valence-electron chi connectivity index (χ3n) is 6.74. The van der Waals surface area contributed by atoms with Gasteiger partial charge in [-0.3, -0.25) is 9.89 Å². The van der Waals surface area contributed by atoms with Crippen molar-refractivity contribution in [1.82, 2.24) is 30.0 Å². The molecule has 32 heavy (non-hydrogen) atoms. The molecule has 2 fully saturated rings. The number of nitrogens with one attached hydrogen (secondary N) is 2. The largest absolute Gasteiger partial charge is 0.382 e. The van der Waals surface area contributed by atoms with Gasteiger partial charge in [-0.1, -0.05) is 6.07 Å². The van der Waals surface area contributed by atoms with Crippen molar-refractivity contribution >= 4 is 33.7 Å². The van der Waals surface area contributed by atoms with Crippen LogP contribution in [0.5, 0.6) is 0 Å². The molecule has 4 heterocycles. The maximum Gasteiger partial charge on any atom is 0.243 e. The number of fused-ring (bicyclic) bond motifs is 3. The number of nitrogens with zero attached hydrogens (tertiary/aromatic N) is 5. The number of imidazole rings is 1. The average Bonchev–Trinajstić information content (AvgIpc) is 3.19. The number of nitrogen functional groups attached to an aromatic ring is 1. The molecule has 160 valence electrons. The number of amides is 1. The van der Waals surface area contributed by atoms with Crippen LogP contribution in [-0.2, 0) is 11.2 Å². The Kier molecular flexibility index (Phi) is 3.99. The third kappa shape index (κ3) is 2.83. The van der Waals surface area contributed by atoms with E-state index in [4.69, 9.17) is 10.7 Å². The zero-order valence-corrected chi connectivity index (χ0v) is 17.4. The summed E-state index contributed by atoms with van der Waals surface area (Å²) in [4.78, 5) is 27.5. The maximum atomic E-state index is 12.9. The number of pyridine rings is 1. The van der Waals surface area contributed by atoms with Gasteiger partial charge in [0.05, 0.1) is 22.8 Å². The number of aromatic amines is 2. The van der Waals surface area contributed by atoms with Crippen molar-refractivity contribution < 1.29 is 4.79 Å². The van der Waals surface area contributed by atoms with Crippen molar-refractivity contribution in [3.05, 3.63) is 36.3 Å². The summed E-state index contributed by atoms with van der Waals surface area (Å²) in [7, 11) is 0. The van der Waals surface area contributed by atoms with Gasteiger partial charge < -0.3 is 15.6 Å². The van der Waals surface area contributed by atoms with Gasteiger partial charge >= 0.3 is 0 Å². The van der Waals surface area contributed by atoms with Crippen LogP contribution in [0.1, 0.15) is 31.5 Å². The predicted octanol–water partition coefficient (Wildman–Crippen LogP) is 2.92. The number of rotatable bonds is 4. The minimum Gasteiger partial charge on any atom is -0.382 e. The topological polar surface area (TPSA) is 140 Å². The van der Waals surface area contributed by atoms with Gasteiger partial charge in [0, 0.05) is 36.2 Å². The second-order valence-corrected chi connectivity index (χ2v) is 8.79. The number of nitriles is 1. The Morgan fingerprint density at radius 3 is 2.94 bits per heavy atom. The number of nitrogens with two attached hydrogens (primary N) is 1. The number of carbonyl (C=O) groups is 1. The number of benzene rings is 1. The van der Waals surface area contributed by atoms with Crippen molar-refractivity contribution in [2.24, 2.45) is 5.41 Å². The lowest BCUT2D eigenvalue weighted by Crippen LogP contribution is -2.41. The number of hydrogen-bond donors (Lipinski definition) is 3. The average molecular weight is 426 g/mol. The predicted molar refractivity (Wildman–Crippen MR) is 119 cm³/mol. The van der Waals surface area contributed by atoms with Gasteiger partial charge in [-0.15, -0.1) is 0 Å². The lowest BCUT2D eigenvalue weighted by atomic mass is 10.1. The molecule has 1 aliphatic carbocycles. The van der Waals surface area contributed by atoms with Crippen LogP contribution in [-0.4, -0.2) is 48.5 Å². The number of aromatic nitrogens is 5. The Bertz CT molecular complexity index is 1390. The summed E-state index contributed by atoms with van der Waals surface area (Å²) in [6, 6.07) is 10.2. The standard InChI is InChI=1S/C23H22N8O/c24-12-23(6-7-23)22(32)31-9-1-2-14(31)11-18-28-19-15-4-3-13(16-5-8-26-30-16)10-17(15)27-21(25)20(19)29-18/h3-5,8,10,14H,1-2,6-7,9,11H2,(H2,25,27)(H,26,30)(H,28,29)/t14-/m0/s1. The van der Waals surface area contributed by atoms with E-state index >= 15 is 0 Å². The number of H-pyrrole nitrogens is 2. The molecule has 1 atom stereocenters. The Labute approximate surface area is 183 Å². The normalized spacial score (nSPS) is 19.5. The summed E-state index contributed by atoms with van der Waals surface area (Å²) >= 11 is 0. The van der Waals surface area contributed by atoms with Crippen LogP contribution in [0.25, 0.3) is 33.2 Å². The fourth-order valence-corrected chi connectivity index (χ4v) is 4.81. The van der Waals surface area contributed by atoms with Crippen molar-refractivity contribution in [1.29, 1.82) is 5.26 Å². The molecule has 1 saturated carbocycles. The van der Waals surface area contributed by atoms with E-state index < -0.39 is 5.41 Å². The lowest BCUT2D eigenvalue weighted by molar-refractivity contribution is -0.135. The van der Waals surface area contributed by atoms with E-state index in [9.17, 15) is 10.1 Å². The van der Waals surface area contributed by atoms with Crippen LogP contribution in [0.3, 0.4) is 0 Å². The van der Waals surface area contributed by atoms with Gasteiger partial charge in [0.2, 0.25) is 5.91 Å². The highest BCUT2D eigenvalue weighted by molar-refractivity contribution is 6.07. The monoisotopic (exact) mass is 426 g/mol. The Balaban J connectivity index is 1.34. The highest BCUT2D eigenvalue weighted by Crippen LogP contribution is 2.47. The first-order valence-electron chi connectivity index (χ1n) is 10.9. The zero-order chi connectivity index (χ0) is 21.9. The molecule has 0 radical (unpaired) electrons. The van der Waals surface area contributed by atoms with Crippen LogP contribution >= 0.6 is 0 Å². The first kappa shape index (κ1) is 18.8. The molecule has 1 saturated heterocycles. The molecule has 1 aliphatic heterocycles. The van der Waals surface area contributed by atoms with E-state index in [1.54, 1.807) is 6.20 Å². The summed E-state index contributed by atoms with van der Waals surface area (Å²) in [6.45, 7) is 0.704. The van der Waals surface area contributed by atoms with Crippen molar-refractivity contribution in [2.75, 3.05) is 12.3 Å². The minimum absolute atomic E-state index is 0.0175. The fourth-order valence-electron chi connectivity index (χ4n) is 4.81. The molecule has 9 heteroatoms. The second-order valence-electron chi connectivity index (χ2n) is 8.79. The molecule has 4 N–H and O–H groups in total. The SMILES string of the molecule is N#CC1(C(=O)N2CCC[C@H]2Cc2nc3c(N)nc4cc(-c5cc[nH]n5)ccc4c3[nH]2)CC1. The van der Waals surface area contributed by atoms with Crippen LogP contribution in [0.4, 0.5) is 5.82 Å². The summed E-state index contributed by atoms with van der Waals surface area (Å²) in [5, 5.41) is 17.4. The van der Waals surface area contributed by atoms with Crippen LogP contribution in [0, 0.1) is 16.7 Å². The van der Waals surface area contributed by atoms with Gasteiger partial charge in [-0.05, 0) is 43.9 Å². The molecule has 3 aromatic heterocycles. The van der Waals surface area contributed by atoms with E-state index in [2.05, 4.69) is 26.2 Å². The van der Waals surface area contributed by atoms with E-state index in [1.807, 2.05) is 29.2 Å².